The Hall–Kier alpha value is -0.980. The van der Waals surface area contributed by atoms with Gasteiger partial charge in [-0.1, -0.05) is 38.5 Å². The Morgan fingerprint density at radius 2 is 2.06 bits per heavy atom. The summed E-state index contributed by atoms with van der Waals surface area (Å²) in [5, 5.41) is 0. The third-order valence-corrected chi connectivity index (χ3v) is 3.32. The van der Waals surface area contributed by atoms with Crippen LogP contribution in [0.25, 0.3) is 0 Å². The Morgan fingerprint density at radius 3 is 2.50 bits per heavy atom. The van der Waals surface area contributed by atoms with Crippen LogP contribution in [0.1, 0.15) is 48.0 Å². The molecule has 16 heavy (non-hydrogen) atoms. The molecule has 0 bridgehead atoms. The number of nitrogens with zero attached hydrogens (tertiary/aromatic N) is 1. The van der Waals surface area contributed by atoms with Crippen molar-refractivity contribution in [2.75, 3.05) is 0 Å². The number of allylic oxidation sites excluding steroid dienone is 4. The van der Waals surface area contributed by atoms with Crippen molar-refractivity contribution in [1.82, 2.24) is 4.90 Å². The first kappa shape index (κ1) is 13.1. The van der Waals surface area contributed by atoms with Crippen molar-refractivity contribution in [3.8, 4) is 0 Å². The van der Waals surface area contributed by atoms with Crippen LogP contribution in [-0.4, -0.2) is 10.9 Å². The van der Waals surface area contributed by atoms with Crippen LogP contribution in [0.5, 0.6) is 0 Å². The fourth-order valence-electron chi connectivity index (χ4n) is 2.39. The largest absolute Gasteiger partial charge is 0.344 e. The van der Waals surface area contributed by atoms with Crippen LogP contribution in [0.2, 0.25) is 0 Å². The monoisotopic (exact) mass is 219 g/mol. The van der Waals surface area contributed by atoms with Gasteiger partial charge in [0.2, 0.25) is 0 Å². The van der Waals surface area contributed by atoms with E-state index in [1.165, 1.54) is 16.8 Å². The van der Waals surface area contributed by atoms with Crippen molar-refractivity contribution in [2.24, 2.45) is 5.92 Å². The fraction of sp³-hybridized carbons (Fsp3) is 0.600. The van der Waals surface area contributed by atoms with Gasteiger partial charge in [-0.3, -0.25) is 0 Å². The van der Waals surface area contributed by atoms with Crippen LogP contribution in [0.4, 0.5) is 0 Å². The molecular weight excluding hydrogens is 194 g/mol. The summed E-state index contributed by atoms with van der Waals surface area (Å²) >= 11 is 0. The van der Waals surface area contributed by atoms with Crippen molar-refractivity contribution in [3.05, 3.63) is 35.2 Å². The smallest absolute Gasteiger partial charge is 0.0514 e. The maximum Gasteiger partial charge on any atom is 0.0514 e. The fourth-order valence-corrected chi connectivity index (χ4v) is 2.39. The summed E-state index contributed by atoms with van der Waals surface area (Å²) in [4.78, 5) is 2.43. The maximum atomic E-state index is 2.43. The third-order valence-electron chi connectivity index (χ3n) is 3.32. The lowest BCUT2D eigenvalue weighted by Gasteiger charge is -2.38. The number of hydrogen-bond acceptors (Lipinski definition) is 1. The van der Waals surface area contributed by atoms with Crippen molar-refractivity contribution in [1.29, 1.82) is 0 Å². The molecule has 0 aromatic heterocycles. The lowest BCUT2D eigenvalue weighted by Crippen LogP contribution is -2.34. The molecule has 0 spiro atoms. The van der Waals surface area contributed by atoms with Crippen molar-refractivity contribution >= 4 is 0 Å². The highest BCUT2D eigenvalue weighted by atomic mass is 15.2. The van der Waals surface area contributed by atoms with Gasteiger partial charge in [-0.25, -0.2) is 0 Å². The molecule has 0 radical (unpaired) electrons. The summed E-state index contributed by atoms with van der Waals surface area (Å²) in [6, 6.07) is 0.490. The highest BCUT2D eigenvalue weighted by molar-refractivity contribution is 5.37. The highest BCUT2D eigenvalue weighted by Crippen LogP contribution is 2.32. The molecule has 0 saturated carbocycles. The zero-order valence-corrected chi connectivity index (χ0v) is 11.5. The van der Waals surface area contributed by atoms with Crippen LogP contribution < -0.4 is 0 Å². The second kappa shape index (κ2) is 5.38. The molecule has 0 aliphatic carbocycles. The molecular formula is C15H25N. The molecule has 1 unspecified atom stereocenters. The molecule has 0 saturated heterocycles. The van der Waals surface area contributed by atoms with E-state index in [-0.39, 0.29) is 0 Å². The predicted octanol–water partition coefficient (Wildman–Crippen LogP) is 4.49. The van der Waals surface area contributed by atoms with Crippen LogP contribution in [0, 0.1) is 5.92 Å². The van der Waals surface area contributed by atoms with E-state index < -0.39 is 0 Å². The second-order valence-electron chi connectivity index (χ2n) is 4.87. The molecule has 1 rings (SSSR count). The quantitative estimate of drug-likeness (QED) is 0.676. The zero-order valence-electron chi connectivity index (χ0n) is 11.5. The normalized spacial score (nSPS) is 22.3. The van der Waals surface area contributed by atoms with Crippen LogP contribution >= 0.6 is 0 Å². The first-order valence-corrected chi connectivity index (χ1v) is 6.35. The molecule has 0 N–H and O–H groups in total. The molecule has 0 amide bonds. The first-order valence-electron chi connectivity index (χ1n) is 6.35. The second-order valence-corrected chi connectivity index (χ2v) is 4.87. The molecule has 1 heteroatoms. The van der Waals surface area contributed by atoms with Gasteiger partial charge in [-0.05, 0) is 38.7 Å². The molecule has 1 nitrogen and oxygen atoms in total. The van der Waals surface area contributed by atoms with Gasteiger partial charge in [0, 0.05) is 11.9 Å². The van der Waals surface area contributed by atoms with Crippen molar-refractivity contribution < 1.29 is 0 Å². The van der Waals surface area contributed by atoms with Gasteiger partial charge < -0.3 is 4.90 Å². The summed E-state index contributed by atoms with van der Waals surface area (Å²) in [7, 11) is 0. The standard InChI is InChI=1S/C15H25N/c1-7-9-16-13(6)12(5)10-14(8-2)15(16)11(3)4/h7,9-11,13H,8H2,1-6H3. The minimum atomic E-state index is 0.490. The predicted molar refractivity (Wildman–Crippen MR) is 72.0 cm³/mol. The van der Waals surface area contributed by atoms with E-state index in [4.69, 9.17) is 0 Å². The van der Waals surface area contributed by atoms with Gasteiger partial charge in [0.1, 0.15) is 0 Å². The van der Waals surface area contributed by atoms with Crippen molar-refractivity contribution in [2.45, 2.75) is 54.0 Å². The first-order chi connectivity index (χ1) is 7.52. The molecule has 0 fully saturated rings. The Morgan fingerprint density at radius 1 is 1.44 bits per heavy atom. The van der Waals surface area contributed by atoms with E-state index in [9.17, 15) is 0 Å². The SMILES string of the molecule is CC=CN1C(C(C)C)=C(CC)C=C(C)C1C. The third kappa shape index (κ3) is 2.40. The lowest BCUT2D eigenvalue weighted by atomic mass is 9.91. The van der Waals surface area contributed by atoms with Crippen LogP contribution in [0.3, 0.4) is 0 Å². The van der Waals surface area contributed by atoms with Gasteiger partial charge in [0.25, 0.3) is 0 Å². The zero-order chi connectivity index (χ0) is 12.3. The van der Waals surface area contributed by atoms with E-state index in [1.807, 2.05) is 0 Å². The van der Waals surface area contributed by atoms with Gasteiger partial charge in [0.15, 0.2) is 0 Å². The van der Waals surface area contributed by atoms with Gasteiger partial charge in [0.05, 0.1) is 6.04 Å². The minimum absolute atomic E-state index is 0.490. The summed E-state index contributed by atoms with van der Waals surface area (Å²) in [6.07, 6.45) is 7.84. The van der Waals surface area contributed by atoms with E-state index in [0.717, 1.165) is 6.42 Å². The van der Waals surface area contributed by atoms with E-state index in [1.54, 1.807) is 0 Å². The van der Waals surface area contributed by atoms with Crippen molar-refractivity contribution in [3.63, 3.8) is 0 Å². The van der Waals surface area contributed by atoms with E-state index >= 15 is 0 Å². The number of rotatable bonds is 3. The molecule has 1 aliphatic heterocycles. The Labute approximate surface area is 101 Å². The molecule has 1 aliphatic rings. The summed E-state index contributed by atoms with van der Waals surface area (Å²) < 4.78 is 0. The molecule has 0 aromatic rings. The minimum Gasteiger partial charge on any atom is -0.344 e. The van der Waals surface area contributed by atoms with Gasteiger partial charge in [-0.15, -0.1) is 0 Å². The van der Waals surface area contributed by atoms with E-state index in [0.29, 0.717) is 12.0 Å². The van der Waals surface area contributed by atoms with Crippen LogP contribution in [0.15, 0.2) is 35.2 Å². The average Bonchev–Trinajstić information content (AvgIpc) is 2.24. The summed E-state index contributed by atoms with van der Waals surface area (Å²) in [5.74, 6) is 0.581. The molecule has 1 heterocycles. The average molecular weight is 219 g/mol. The van der Waals surface area contributed by atoms with Gasteiger partial charge >= 0.3 is 0 Å². The maximum absolute atomic E-state index is 2.43. The molecule has 0 aromatic carbocycles. The Bertz CT molecular complexity index is 331. The molecule has 90 valence electrons. The number of hydrogen-bond donors (Lipinski definition) is 0. The summed E-state index contributed by atoms with van der Waals surface area (Å²) in [6.45, 7) is 13.4. The van der Waals surface area contributed by atoms with Gasteiger partial charge in [-0.2, -0.15) is 0 Å². The molecule has 1 atom stereocenters. The van der Waals surface area contributed by atoms with E-state index in [2.05, 4.69) is 64.8 Å². The highest BCUT2D eigenvalue weighted by Gasteiger charge is 2.24. The topological polar surface area (TPSA) is 3.24 Å². The van der Waals surface area contributed by atoms with Crippen LogP contribution in [-0.2, 0) is 0 Å². The Kier molecular flexibility index (Phi) is 4.40. The summed E-state index contributed by atoms with van der Waals surface area (Å²) in [5.41, 5.74) is 4.43. The lowest BCUT2D eigenvalue weighted by molar-refractivity contribution is 0.349. The Balaban J connectivity index is 3.25.